The Bertz CT molecular complexity index is 694. The summed E-state index contributed by atoms with van der Waals surface area (Å²) in [6, 6.07) is 7.94. The van der Waals surface area contributed by atoms with Crippen molar-refractivity contribution in [3.05, 3.63) is 53.6 Å². The van der Waals surface area contributed by atoms with Crippen molar-refractivity contribution in [3.8, 4) is 0 Å². The zero-order chi connectivity index (χ0) is 16.9. The lowest BCUT2D eigenvalue weighted by atomic mass is 9.94. The summed E-state index contributed by atoms with van der Waals surface area (Å²) < 4.78 is 2.12. The number of hydrogen-bond acceptors (Lipinski definition) is 3. The number of aromatic nitrogens is 2. The van der Waals surface area contributed by atoms with Crippen LogP contribution >= 0.6 is 0 Å². The smallest absolute Gasteiger partial charge is 0.251 e. The molecule has 1 aliphatic heterocycles. The third-order valence-corrected chi connectivity index (χ3v) is 4.82. The number of nitrogens with one attached hydrogen (secondary N) is 1. The average Bonchev–Trinajstić information content (AvgIpc) is 2.99. The Morgan fingerprint density at radius 3 is 3.04 bits per heavy atom. The molecule has 1 fully saturated rings. The molecule has 5 heteroatoms. The molecular weight excluding hydrogens is 300 g/mol. The summed E-state index contributed by atoms with van der Waals surface area (Å²) in [4.78, 5) is 18.7. The van der Waals surface area contributed by atoms with Crippen molar-refractivity contribution in [2.45, 2.75) is 25.8 Å². The molecule has 1 saturated heterocycles. The number of aryl methyl sites for hydroxylation is 1. The number of benzene rings is 1. The van der Waals surface area contributed by atoms with Crippen molar-refractivity contribution in [3.63, 3.8) is 0 Å². The number of carbonyl (C=O) groups excluding carboxylic acids is 1. The Balaban J connectivity index is 1.61. The van der Waals surface area contributed by atoms with Crippen LogP contribution in [0, 0.1) is 5.92 Å². The first-order valence-corrected chi connectivity index (χ1v) is 8.65. The zero-order valence-corrected chi connectivity index (χ0v) is 14.5. The zero-order valence-electron chi connectivity index (χ0n) is 14.5. The summed E-state index contributed by atoms with van der Waals surface area (Å²) in [5.41, 5.74) is 1.94. The predicted octanol–water partition coefficient (Wildman–Crippen LogP) is 2.23. The number of amides is 1. The van der Waals surface area contributed by atoms with Crippen molar-refractivity contribution < 1.29 is 4.79 Å². The standard InChI is InChI=1S/C19H26N4O/c1-20-19(24)17-7-3-5-15(11-17)13-23-9-4-6-16(14-23)12-18-21-8-10-22(18)2/h3,5,7-8,10-11,16H,4,6,9,12-14H2,1-2H3,(H,20,24). The second-order valence-corrected chi connectivity index (χ2v) is 6.68. The van der Waals surface area contributed by atoms with Gasteiger partial charge in [-0.2, -0.15) is 0 Å². The second kappa shape index (κ2) is 7.62. The van der Waals surface area contributed by atoms with Crippen LogP contribution in [0.3, 0.4) is 0 Å². The Labute approximate surface area is 143 Å². The van der Waals surface area contributed by atoms with E-state index in [-0.39, 0.29) is 5.91 Å². The number of rotatable bonds is 5. The van der Waals surface area contributed by atoms with E-state index in [1.165, 1.54) is 24.2 Å². The fourth-order valence-electron chi connectivity index (χ4n) is 3.53. The van der Waals surface area contributed by atoms with Gasteiger partial charge in [-0.1, -0.05) is 12.1 Å². The molecule has 0 saturated carbocycles. The van der Waals surface area contributed by atoms with Crippen LogP contribution in [-0.2, 0) is 20.0 Å². The summed E-state index contributed by atoms with van der Waals surface area (Å²) in [6.07, 6.45) is 7.42. The van der Waals surface area contributed by atoms with E-state index in [4.69, 9.17) is 0 Å². The molecule has 1 amide bonds. The minimum atomic E-state index is -0.0249. The van der Waals surface area contributed by atoms with Crippen LogP contribution in [0.1, 0.15) is 34.6 Å². The summed E-state index contributed by atoms with van der Waals surface area (Å²) in [6.45, 7) is 3.13. The minimum Gasteiger partial charge on any atom is -0.355 e. The maximum Gasteiger partial charge on any atom is 0.251 e. The summed E-state index contributed by atoms with van der Waals surface area (Å²) in [7, 11) is 3.73. The van der Waals surface area contributed by atoms with E-state index in [1.54, 1.807) is 7.05 Å². The molecular formula is C19H26N4O. The fraction of sp³-hybridized carbons (Fsp3) is 0.474. The van der Waals surface area contributed by atoms with Gasteiger partial charge >= 0.3 is 0 Å². The molecule has 1 aliphatic rings. The number of carbonyl (C=O) groups is 1. The largest absolute Gasteiger partial charge is 0.355 e. The van der Waals surface area contributed by atoms with E-state index < -0.39 is 0 Å². The van der Waals surface area contributed by atoms with Gasteiger partial charge in [-0.15, -0.1) is 0 Å². The molecule has 24 heavy (non-hydrogen) atoms. The Kier molecular flexibility index (Phi) is 5.30. The Morgan fingerprint density at radius 2 is 2.29 bits per heavy atom. The van der Waals surface area contributed by atoms with Crippen LogP contribution in [0.4, 0.5) is 0 Å². The van der Waals surface area contributed by atoms with Crippen LogP contribution in [0.5, 0.6) is 0 Å². The molecule has 2 heterocycles. The lowest BCUT2D eigenvalue weighted by Gasteiger charge is -2.32. The third-order valence-electron chi connectivity index (χ3n) is 4.82. The SMILES string of the molecule is CNC(=O)c1cccc(CN2CCCC(Cc3nccn3C)C2)c1. The molecule has 2 aromatic rings. The first-order valence-electron chi connectivity index (χ1n) is 8.65. The topological polar surface area (TPSA) is 50.2 Å². The predicted molar refractivity (Wildman–Crippen MR) is 94.7 cm³/mol. The van der Waals surface area contributed by atoms with Gasteiger partial charge in [0.25, 0.3) is 5.91 Å². The fourth-order valence-corrected chi connectivity index (χ4v) is 3.53. The van der Waals surface area contributed by atoms with Crippen molar-refractivity contribution in [2.24, 2.45) is 13.0 Å². The number of hydrogen-bond donors (Lipinski definition) is 1. The van der Waals surface area contributed by atoms with E-state index in [9.17, 15) is 4.79 Å². The molecule has 0 bridgehead atoms. The van der Waals surface area contributed by atoms with E-state index in [1.807, 2.05) is 30.6 Å². The van der Waals surface area contributed by atoms with Gasteiger partial charge in [0, 0.05) is 51.6 Å². The first kappa shape index (κ1) is 16.7. The number of imidazole rings is 1. The quantitative estimate of drug-likeness (QED) is 0.917. The van der Waals surface area contributed by atoms with E-state index in [0.717, 1.165) is 31.6 Å². The molecule has 1 aromatic carbocycles. The number of piperidine rings is 1. The molecule has 1 atom stereocenters. The Hall–Kier alpha value is -2.14. The third kappa shape index (κ3) is 4.03. The van der Waals surface area contributed by atoms with Crippen LogP contribution in [-0.4, -0.2) is 40.5 Å². The molecule has 1 N–H and O–H groups in total. The van der Waals surface area contributed by atoms with Gasteiger partial charge in [-0.25, -0.2) is 4.98 Å². The molecule has 0 aliphatic carbocycles. The van der Waals surface area contributed by atoms with Gasteiger partial charge in [0.2, 0.25) is 0 Å². The van der Waals surface area contributed by atoms with E-state index in [0.29, 0.717) is 5.92 Å². The van der Waals surface area contributed by atoms with Gasteiger partial charge in [-0.05, 0) is 43.0 Å². The van der Waals surface area contributed by atoms with E-state index >= 15 is 0 Å². The average molecular weight is 326 g/mol. The van der Waals surface area contributed by atoms with Crippen LogP contribution in [0.25, 0.3) is 0 Å². The maximum atomic E-state index is 11.8. The van der Waals surface area contributed by atoms with Gasteiger partial charge in [0.05, 0.1) is 0 Å². The monoisotopic (exact) mass is 326 g/mol. The summed E-state index contributed by atoms with van der Waals surface area (Å²) in [5.74, 6) is 1.80. The van der Waals surface area contributed by atoms with Crippen molar-refractivity contribution >= 4 is 5.91 Å². The molecule has 1 unspecified atom stereocenters. The van der Waals surface area contributed by atoms with Gasteiger partial charge in [-0.3, -0.25) is 9.69 Å². The molecule has 5 nitrogen and oxygen atoms in total. The minimum absolute atomic E-state index is 0.0249. The number of likely N-dealkylation sites (tertiary alicyclic amines) is 1. The lowest BCUT2D eigenvalue weighted by molar-refractivity contribution is 0.0962. The van der Waals surface area contributed by atoms with Crippen LogP contribution < -0.4 is 5.32 Å². The highest BCUT2D eigenvalue weighted by atomic mass is 16.1. The van der Waals surface area contributed by atoms with Gasteiger partial charge < -0.3 is 9.88 Å². The highest BCUT2D eigenvalue weighted by Gasteiger charge is 2.21. The van der Waals surface area contributed by atoms with Crippen molar-refractivity contribution in [2.75, 3.05) is 20.1 Å². The molecule has 3 rings (SSSR count). The summed E-state index contributed by atoms with van der Waals surface area (Å²) >= 11 is 0. The lowest BCUT2D eigenvalue weighted by Crippen LogP contribution is -2.36. The molecule has 0 spiro atoms. The van der Waals surface area contributed by atoms with Gasteiger partial charge in [0.1, 0.15) is 5.82 Å². The molecule has 1 aromatic heterocycles. The summed E-state index contributed by atoms with van der Waals surface area (Å²) in [5, 5.41) is 2.69. The highest BCUT2D eigenvalue weighted by molar-refractivity contribution is 5.94. The second-order valence-electron chi connectivity index (χ2n) is 6.68. The van der Waals surface area contributed by atoms with Crippen molar-refractivity contribution in [1.29, 1.82) is 0 Å². The highest BCUT2D eigenvalue weighted by Crippen LogP contribution is 2.22. The van der Waals surface area contributed by atoms with Crippen LogP contribution in [0.15, 0.2) is 36.7 Å². The van der Waals surface area contributed by atoms with Crippen molar-refractivity contribution in [1.82, 2.24) is 19.8 Å². The van der Waals surface area contributed by atoms with E-state index in [2.05, 4.69) is 32.9 Å². The van der Waals surface area contributed by atoms with Gasteiger partial charge in [0.15, 0.2) is 0 Å². The molecule has 0 radical (unpaired) electrons. The molecule has 128 valence electrons. The van der Waals surface area contributed by atoms with Crippen LogP contribution in [0.2, 0.25) is 0 Å². The first-order chi connectivity index (χ1) is 11.7. The number of nitrogens with zero attached hydrogens (tertiary/aromatic N) is 3. The Morgan fingerprint density at radius 1 is 1.42 bits per heavy atom. The maximum absolute atomic E-state index is 11.8. The normalized spacial score (nSPS) is 18.5.